The number of hydrogen-bond donors (Lipinski definition) is 2. The predicted octanol–water partition coefficient (Wildman–Crippen LogP) is 2.06. The molecular formula is C25H27N5O4S. The number of aliphatic hydroxyl groups excluding tert-OH is 1. The fourth-order valence-electron chi connectivity index (χ4n) is 5.05. The maximum absolute atomic E-state index is 12.9. The standard InChI is InChI=1S/C25H27N5O4S/c31-14-22(33)30-9-5-25(6-10-30)20-12-18(13-26-23(20)28-24(25)34)1-2-21(32)29-7-3-17(4-8-29)11-19-15-35-16-27-19/h1-2,11-13,15-16,31H,3-10,14H2,(H,26,28,34)/b2-1+. The number of nitrogens with zero attached hydrogens (tertiary/aromatic N) is 4. The first kappa shape index (κ1) is 23.4. The van der Waals surface area contributed by atoms with Crippen molar-refractivity contribution in [3.8, 4) is 0 Å². The van der Waals surface area contributed by atoms with Gasteiger partial charge in [0.2, 0.25) is 17.7 Å². The van der Waals surface area contributed by atoms with E-state index < -0.39 is 12.0 Å². The van der Waals surface area contributed by atoms with Crippen LogP contribution in [0.2, 0.25) is 0 Å². The van der Waals surface area contributed by atoms with Crippen LogP contribution >= 0.6 is 11.3 Å². The number of nitrogens with one attached hydrogen (secondary N) is 1. The molecule has 5 heterocycles. The molecule has 2 aromatic heterocycles. The van der Waals surface area contributed by atoms with Crippen LogP contribution in [0.15, 0.2) is 34.8 Å². The summed E-state index contributed by atoms with van der Waals surface area (Å²) < 4.78 is 0. The molecule has 182 valence electrons. The number of anilines is 1. The minimum Gasteiger partial charge on any atom is -0.387 e. The van der Waals surface area contributed by atoms with Crippen LogP contribution in [0.4, 0.5) is 5.82 Å². The van der Waals surface area contributed by atoms with E-state index in [0.717, 1.165) is 29.7 Å². The first-order chi connectivity index (χ1) is 17.0. The van der Waals surface area contributed by atoms with Gasteiger partial charge in [-0.05, 0) is 49.5 Å². The van der Waals surface area contributed by atoms with Crippen molar-refractivity contribution in [2.45, 2.75) is 31.1 Å². The third-order valence-electron chi connectivity index (χ3n) is 7.14. The average Bonchev–Trinajstić information content (AvgIpc) is 3.49. The van der Waals surface area contributed by atoms with Gasteiger partial charge in [-0.15, -0.1) is 11.3 Å². The van der Waals surface area contributed by atoms with Crippen molar-refractivity contribution in [3.05, 3.63) is 51.6 Å². The highest BCUT2D eigenvalue weighted by molar-refractivity contribution is 7.07. The highest BCUT2D eigenvalue weighted by Crippen LogP contribution is 2.44. The van der Waals surface area contributed by atoms with Gasteiger partial charge in [0.05, 0.1) is 16.6 Å². The lowest BCUT2D eigenvalue weighted by Gasteiger charge is -2.37. The minimum atomic E-state index is -0.741. The van der Waals surface area contributed by atoms with E-state index in [4.69, 9.17) is 5.11 Å². The number of likely N-dealkylation sites (tertiary alicyclic amines) is 2. The Hall–Kier alpha value is -3.37. The van der Waals surface area contributed by atoms with E-state index in [2.05, 4.69) is 21.4 Å². The monoisotopic (exact) mass is 493 g/mol. The van der Waals surface area contributed by atoms with Gasteiger partial charge in [-0.2, -0.15) is 0 Å². The molecule has 2 aromatic rings. The number of thiazole rings is 1. The lowest BCUT2D eigenvalue weighted by molar-refractivity contribution is -0.137. The Kier molecular flexibility index (Phi) is 6.48. The van der Waals surface area contributed by atoms with Crippen molar-refractivity contribution >= 4 is 47.0 Å². The summed E-state index contributed by atoms with van der Waals surface area (Å²) in [5, 5.41) is 14.0. The van der Waals surface area contributed by atoms with Crippen molar-refractivity contribution in [2.24, 2.45) is 0 Å². The van der Waals surface area contributed by atoms with E-state index in [1.807, 2.05) is 21.9 Å². The third-order valence-corrected chi connectivity index (χ3v) is 7.74. The Labute approximate surface area is 207 Å². The Morgan fingerprint density at radius 2 is 1.91 bits per heavy atom. The number of carbonyl (C=O) groups excluding carboxylic acids is 3. The molecule has 1 spiro atoms. The van der Waals surface area contributed by atoms with Gasteiger partial charge in [0, 0.05) is 49.4 Å². The van der Waals surface area contributed by atoms with Gasteiger partial charge in [0.15, 0.2) is 0 Å². The lowest BCUT2D eigenvalue weighted by Crippen LogP contribution is -2.49. The highest BCUT2D eigenvalue weighted by Gasteiger charge is 2.49. The largest absolute Gasteiger partial charge is 0.387 e. The van der Waals surface area contributed by atoms with Gasteiger partial charge >= 0.3 is 0 Å². The van der Waals surface area contributed by atoms with Crippen LogP contribution in [0.25, 0.3) is 12.2 Å². The predicted molar refractivity (Wildman–Crippen MR) is 132 cm³/mol. The molecule has 0 saturated carbocycles. The molecule has 0 bridgehead atoms. The summed E-state index contributed by atoms with van der Waals surface area (Å²) in [7, 11) is 0. The molecule has 9 nitrogen and oxygen atoms in total. The summed E-state index contributed by atoms with van der Waals surface area (Å²) in [6, 6.07) is 1.92. The summed E-state index contributed by atoms with van der Waals surface area (Å²) in [5.74, 6) is 0.0622. The fraction of sp³-hybridized carbons (Fsp3) is 0.400. The summed E-state index contributed by atoms with van der Waals surface area (Å²) in [5.41, 5.74) is 4.92. The molecule has 0 aromatic carbocycles. The molecule has 0 aliphatic carbocycles. The molecule has 2 N–H and O–H groups in total. The Balaban J connectivity index is 1.24. The van der Waals surface area contributed by atoms with Crippen molar-refractivity contribution in [1.82, 2.24) is 19.8 Å². The fourth-order valence-corrected chi connectivity index (χ4v) is 5.57. The van der Waals surface area contributed by atoms with Crippen LogP contribution in [-0.4, -0.2) is 75.4 Å². The van der Waals surface area contributed by atoms with Crippen LogP contribution < -0.4 is 5.32 Å². The molecule has 35 heavy (non-hydrogen) atoms. The molecular weight excluding hydrogens is 466 g/mol. The zero-order valence-electron chi connectivity index (χ0n) is 19.3. The van der Waals surface area contributed by atoms with E-state index in [9.17, 15) is 14.4 Å². The molecule has 0 unspecified atom stereocenters. The SMILES string of the molecule is O=C(/C=C/c1cnc2c(c1)C1(CCN(C(=O)CO)CC1)C(=O)N2)N1CCC(=Cc2cscn2)CC1. The van der Waals surface area contributed by atoms with E-state index in [1.54, 1.807) is 34.6 Å². The average molecular weight is 494 g/mol. The maximum atomic E-state index is 12.9. The first-order valence-electron chi connectivity index (χ1n) is 11.7. The number of hydrogen-bond acceptors (Lipinski definition) is 7. The third kappa shape index (κ3) is 4.63. The number of rotatable bonds is 4. The van der Waals surface area contributed by atoms with Gasteiger partial charge in [-0.25, -0.2) is 9.97 Å². The lowest BCUT2D eigenvalue weighted by atomic mass is 9.74. The Bertz CT molecular complexity index is 1190. The van der Waals surface area contributed by atoms with Crippen molar-refractivity contribution in [3.63, 3.8) is 0 Å². The zero-order chi connectivity index (χ0) is 24.4. The van der Waals surface area contributed by atoms with Crippen LogP contribution in [0.5, 0.6) is 0 Å². The molecule has 0 radical (unpaired) electrons. The first-order valence-corrected chi connectivity index (χ1v) is 12.7. The van der Waals surface area contributed by atoms with Crippen LogP contribution in [0.3, 0.4) is 0 Å². The molecule has 2 fully saturated rings. The van der Waals surface area contributed by atoms with E-state index >= 15 is 0 Å². The van der Waals surface area contributed by atoms with E-state index in [-0.39, 0.29) is 17.7 Å². The summed E-state index contributed by atoms with van der Waals surface area (Å²) in [4.78, 5) is 49.6. The van der Waals surface area contributed by atoms with E-state index in [1.165, 1.54) is 5.57 Å². The van der Waals surface area contributed by atoms with Gasteiger partial charge in [-0.3, -0.25) is 14.4 Å². The number of aliphatic hydroxyl groups is 1. The van der Waals surface area contributed by atoms with Crippen molar-refractivity contribution in [1.29, 1.82) is 0 Å². The second kappa shape index (κ2) is 9.71. The van der Waals surface area contributed by atoms with Crippen LogP contribution in [0, 0.1) is 0 Å². The number of piperidine rings is 2. The van der Waals surface area contributed by atoms with Crippen LogP contribution in [-0.2, 0) is 19.8 Å². The minimum absolute atomic E-state index is 0.0436. The van der Waals surface area contributed by atoms with Gasteiger partial charge in [0.1, 0.15) is 12.4 Å². The molecule has 2 saturated heterocycles. The zero-order valence-corrected chi connectivity index (χ0v) is 20.1. The topological polar surface area (TPSA) is 116 Å². The summed E-state index contributed by atoms with van der Waals surface area (Å²) >= 11 is 1.57. The Morgan fingerprint density at radius 1 is 1.14 bits per heavy atom. The summed E-state index contributed by atoms with van der Waals surface area (Å²) in [6.07, 6.45) is 9.69. The molecule has 0 atom stereocenters. The number of carbonyl (C=O) groups is 3. The molecule has 10 heteroatoms. The van der Waals surface area contributed by atoms with Gasteiger partial charge in [-0.1, -0.05) is 5.57 Å². The van der Waals surface area contributed by atoms with E-state index in [0.29, 0.717) is 44.8 Å². The second-order valence-electron chi connectivity index (χ2n) is 9.11. The number of fused-ring (bicyclic) bond motifs is 2. The quantitative estimate of drug-likeness (QED) is 0.630. The number of aromatic nitrogens is 2. The normalized spacial score (nSPS) is 19.2. The van der Waals surface area contributed by atoms with Crippen molar-refractivity contribution < 1.29 is 19.5 Å². The van der Waals surface area contributed by atoms with Crippen molar-refractivity contribution in [2.75, 3.05) is 38.1 Å². The molecule has 3 aliphatic heterocycles. The molecule has 3 amide bonds. The second-order valence-corrected chi connectivity index (χ2v) is 9.83. The van der Waals surface area contributed by atoms with Gasteiger partial charge in [0.25, 0.3) is 0 Å². The maximum Gasteiger partial charge on any atom is 0.248 e. The molecule has 5 rings (SSSR count). The highest BCUT2D eigenvalue weighted by atomic mass is 32.1. The van der Waals surface area contributed by atoms with Crippen LogP contribution in [0.1, 0.15) is 42.5 Å². The smallest absolute Gasteiger partial charge is 0.248 e. The number of amides is 3. The number of pyridine rings is 1. The Morgan fingerprint density at radius 3 is 2.60 bits per heavy atom. The van der Waals surface area contributed by atoms with Gasteiger partial charge < -0.3 is 20.2 Å². The summed E-state index contributed by atoms with van der Waals surface area (Å²) in [6.45, 7) is 1.62. The molecule has 3 aliphatic rings.